The molecular weight excluding hydrogens is 799 g/mol. The first kappa shape index (κ1) is 39.2. The number of pyridine rings is 3. The van der Waals surface area contributed by atoms with Crippen molar-refractivity contribution in [2.75, 3.05) is 0 Å². The Morgan fingerprint density at radius 3 is 1.33 bits per heavy atom. The Labute approximate surface area is 398 Å². The van der Waals surface area contributed by atoms with Gasteiger partial charge in [-0.3, -0.25) is 15.0 Å². The van der Waals surface area contributed by atoms with Crippen molar-refractivity contribution < 1.29 is 5.48 Å². The number of aryl methyl sites for hydroxylation is 4. The predicted molar refractivity (Wildman–Crippen MR) is 277 cm³/mol. The second kappa shape index (κ2) is 19.1. The Bertz CT molecular complexity index is 3100. The van der Waals surface area contributed by atoms with E-state index >= 15 is 0 Å². The second-order valence-electron chi connectivity index (χ2n) is 18.9. The quantitative estimate of drug-likeness (QED) is 0.109. The van der Waals surface area contributed by atoms with E-state index in [1.807, 2.05) is 79.0 Å². The van der Waals surface area contributed by atoms with Crippen molar-refractivity contribution in [3.05, 3.63) is 245 Å². The molecule has 0 fully saturated rings. The molecule has 0 saturated carbocycles. The molecule has 0 unspecified atom stereocenters. The minimum absolute atomic E-state index is 0.259. The molecular formula is C63H59N3. The molecule has 0 spiro atoms. The third-order valence-electron chi connectivity index (χ3n) is 12.8. The van der Waals surface area contributed by atoms with Crippen LogP contribution < -0.4 is 0 Å². The van der Waals surface area contributed by atoms with E-state index in [0.29, 0.717) is 18.4 Å². The van der Waals surface area contributed by atoms with Gasteiger partial charge in [0.05, 0.1) is 17.1 Å². The molecule has 3 heterocycles. The van der Waals surface area contributed by atoms with E-state index in [1.54, 1.807) is 24.5 Å². The SMILES string of the molecule is [2H]C([2H])(c1ccc(-c2cc(-c3c(C)cc(-c4ccccc4)cc3C)ccn2)cc1)C([2H])([2H])c1cc(CC(C)(C)c2ccc(-c3ccccn3)cc2)cc(CC(C)(C)c2ccc(-c3ccccn3)cc2)c1. The molecule has 0 aliphatic rings. The first-order chi connectivity index (χ1) is 33.5. The Hall–Kier alpha value is -7.23. The standard InChI is InChI=1S/C63H59N3/c1-44-36-55(50-14-8-7-9-15-50)37-45(2)61(44)54-32-35-66-60(41-54)53-22-20-46(21-23-53)18-19-47-38-48(42-62(3,4)56-28-24-51(25-29-56)58-16-10-12-33-64-58)40-49(39-47)43-63(5,6)57-30-26-52(27-31-57)59-17-11-13-34-65-59/h7-17,20-41H,18-19,42-43H2,1-6H3/i18D2,19D2. The number of aromatic nitrogens is 3. The van der Waals surface area contributed by atoms with Crippen LogP contribution in [-0.2, 0) is 36.4 Å². The van der Waals surface area contributed by atoms with Crippen molar-refractivity contribution in [3.8, 4) is 56.0 Å². The van der Waals surface area contributed by atoms with Gasteiger partial charge in [0.2, 0.25) is 0 Å². The van der Waals surface area contributed by atoms with Crippen molar-refractivity contribution in [2.24, 2.45) is 0 Å². The summed E-state index contributed by atoms with van der Waals surface area (Å²) >= 11 is 0. The van der Waals surface area contributed by atoms with Gasteiger partial charge in [-0.05, 0) is 153 Å². The number of hydrogen-bond acceptors (Lipinski definition) is 3. The van der Waals surface area contributed by atoms with E-state index < -0.39 is 12.7 Å². The second-order valence-corrected chi connectivity index (χ2v) is 18.9. The summed E-state index contributed by atoms with van der Waals surface area (Å²) in [4.78, 5) is 13.8. The van der Waals surface area contributed by atoms with E-state index in [9.17, 15) is 5.48 Å². The summed E-state index contributed by atoms with van der Waals surface area (Å²) in [7, 11) is 0. The summed E-state index contributed by atoms with van der Waals surface area (Å²) in [5.41, 5.74) is 16.6. The molecule has 0 bridgehead atoms. The maximum atomic E-state index is 9.72. The fourth-order valence-electron chi connectivity index (χ4n) is 9.34. The molecule has 0 aliphatic carbocycles. The minimum Gasteiger partial charge on any atom is -0.256 e. The van der Waals surface area contributed by atoms with E-state index in [1.165, 1.54) is 22.3 Å². The average Bonchev–Trinajstić information content (AvgIpc) is 3.37. The van der Waals surface area contributed by atoms with Crippen molar-refractivity contribution in [1.29, 1.82) is 0 Å². The molecule has 0 amide bonds. The highest BCUT2D eigenvalue weighted by Gasteiger charge is 2.25. The van der Waals surface area contributed by atoms with E-state index in [-0.39, 0.29) is 16.4 Å². The van der Waals surface area contributed by atoms with Crippen LogP contribution in [-0.4, -0.2) is 15.0 Å². The highest BCUT2D eigenvalue weighted by Crippen LogP contribution is 2.36. The fraction of sp³-hybridized carbons (Fsp3) is 0.190. The Morgan fingerprint density at radius 1 is 0.364 bits per heavy atom. The van der Waals surface area contributed by atoms with Gasteiger partial charge in [0.15, 0.2) is 0 Å². The number of benzene rings is 6. The summed E-state index contributed by atoms with van der Waals surface area (Å²) in [6.07, 6.45) is 1.87. The van der Waals surface area contributed by atoms with Gasteiger partial charge in [-0.25, -0.2) is 0 Å². The first-order valence-corrected chi connectivity index (χ1v) is 22.9. The van der Waals surface area contributed by atoms with E-state index in [4.69, 9.17) is 4.98 Å². The Morgan fingerprint density at radius 2 is 0.818 bits per heavy atom. The topological polar surface area (TPSA) is 38.7 Å². The third kappa shape index (κ3) is 10.2. The van der Waals surface area contributed by atoms with Crippen LogP contribution in [0.15, 0.2) is 201 Å². The third-order valence-corrected chi connectivity index (χ3v) is 12.8. The van der Waals surface area contributed by atoms with Crippen LogP contribution in [0, 0.1) is 13.8 Å². The first-order valence-electron chi connectivity index (χ1n) is 24.9. The van der Waals surface area contributed by atoms with Gasteiger partial charge in [0.1, 0.15) is 0 Å². The van der Waals surface area contributed by atoms with E-state index in [0.717, 1.165) is 67.2 Å². The van der Waals surface area contributed by atoms with Crippen molar-refractivity contribution in [3.63, 3.8) is 0 Å². The lowest BCUT2D eigenvalue weighted by Gasteiger charge is -2.28. The molecule has 9 rings (SSSR count). The van der Waals surface area contributed by atoms with E-state index in [2.05, 4.69) is 149 Å². The molecule has 6 aromatic carbocycles. The van der Waals surface area contributed by atoms with Gasteiger partial charge in [-0.1, -0.05) is 173 Å². The Kier molecular flexibility index (Phi) is 11.3. The smallest absolute Gasteiger partial charge is 0.0708 e. The fourth-order valence-corrected chi connectivity index (χ4v) is 9.34. The summed E-state index contributed by atoms with van der Waals surface area (Å²) in [6.45, 7) is 13.1. The molecule has 3 nitrogen and oxygen atoms in total. The molecule has 0 saturated heterocycles. The van der Waals surface area contributed by atoms with Gasteiger partial charge in [-0.15, -0.1) is 0 Å². The van der Waals surface area contributed by atoms with Crippen LogP contribution in [0.4, 0.5) is 0 Å². The Balaban J connectivity index is 1.02. The summed E-state index contributed by atoms with van der Waals surface area (Å²) in [5, 5.41) is 0. The zero-order valence-electron chi connectivity index (χ0n) is 42.8. The van der Waals surface area contributed by atoms with Crippen LogP contribution >= 0.6 is 0 Å². The molecule has 0 radical (unpaired) electrons. The number of hydrogen-bond donors (Lipinski definition) is 0. The lowest BCUT2D eigenvalue weighted by Crippen LogP contribution is -2.22. The number of rotatable bonds is 14. The minimum atomic E-state index is -2.40. The van der Waals surface area contributed by atoms with Crippen molar-refractivity contribution in [1.82, 2.24) is 15.0 Å². The zero-order valence-corrected chi connectivity index (χ0v) is 38.8. The van der Waals surface area contributed by atoms with Gasteiger partial charge in [0, 0.05) is 40.8 Å². The highest BCUT2D eigenvalue weighted by atomic mass is 14.7. The van der Waals surface area contributed by atoms with Crippen molar-refractivity contribution >= 4 is 0 Å². The van der Waals surface area contributed by atoms with Crippen LogP contribution in [0.2, 0.25) is 0 Å². The average molecular weight is 862 g/mol. The molecule has 3 aromatic heterocycles. The molecule has 0 atom stereocenters. The normalized spacial score (nSPS) is 13.1. The largest absolute Gasteiger partial charge is 0.256 e. The molecule has 9 aromatic rings. The van der Waals surface area contributed by atoms with Crippen molar-refractivity contribution in [2.45, 2.75) is 78.0 Å². The summed E-state index contributed by atoms with van der Waals surface area (Å²) in [5.74, 6) is 0. The van der Waals surface area contributed by atoms with Crippen LogP contribution in [0.25, 0.3) is 56.0 Å². The van der Waals surface area contributed by atoms with Crippen LogP contribution in [0.1, 0.15) is 77.7 Å². The molecule has 0 N–H and O–H groups in total. The molecule has 66 heavy (non-hydrogen) atoms. The predicted octanol–water partition coefficient (Wildman–Crippen LogP) is 15.6. The number of nitrogens with zero attached hydrogens (tertiary/aromatic N) is 3. The maximum absolute atomic E-state index is 9.72. The van der Waals surface area contributed by atoms with Gasteiger partial charge >= 0.3 is 0 Å². The lowest BCUT2D eigenvalue weighted by atomic mass is 9.76. The zero-order chi connectivity index (χ0) is 49.3. The van der Waals surface area contributed by atoms with Gasteiger partial charge in [-0.2, -0.15) is 0 Å². The van der Waals surface area contributed by atoms with Crippen LogP contribution in [0.5, 0.6) is 0 Å². The maximum Gasteiger partial charge on any atom is 0.0708 e. The molecule has 326 valence electrons. The molecule has 0 aliphatic heterocycles. The molecule has 3 heteroatoms. The lowest BCUT2D eigenvalue weighted by molar-refractivity contribution is 0.514. The van der Waals surface area contributed by atoms with Crippen LogP contribution in [0.3, 0.4) is 0 Å². The highest BCUT2D eigenvalue weighted by molar-refractivity contribution is 5.79. The van der Waals surface area contributed by atoms with Gasteiger partial charge < -0.3 is 0 Å². The monoisotopic (exact) mass is 861 g/mol. The summed E-state index contributed by atoms with van der Waals surface area (Å²) < 4.78 is 38.6. The summed E-state index contributed by atoms with van der Waals surface area (Å²) in [6, 6.07) is 61.0. The van der Waals surface area contributed by atoms with Gasteiger partial charge in [0.25, 0.3) is 0 Å².